The minimum Gasteiger partial charge on any atom is -0.497 e. The van der Waals surface area contributed by atoms with E-state index < -0.39 is 0 Å². The summed E-state index contributed by atoms with van der Waals surface area (Å²) in [6.07, 6.45) is 6.40. The molecule has 1 unspecified atom stereocenters. The van der Waals surface area contributed by atoms with Gasteiger partial charge in [0, 0.05) is 26.1 Å². The van der Waals surface area contributed by atoms with Crippen LogP contribution in [0.25, 0.3) is 0 Å². The third-order valence-corrected chi connectivity index (χ3v) is 5.56. The maximum Gasteiger partial charge on any atom is 0.291 e. The van der Waals surface area contributed by atoms with Gasteiger partial charge in [-0.15, -0.1) is 10.2 Å². The van der Waals surface area contributed by atoms with Crippen molar-refractivity contribution >= 4 is 5.91 Å². The molecule has 2 aliphatic rings. The summed E-state index contributed by atoms with van der Waals surface area (Å²) in [4.78, 5) is 14.9. The number of carbonyl (C=O) groups is 1. The Morgan fingerprint density at radius 2 is 2.00 bits per heavy atom. The maximum absolute atomic E-state index is 13.0. The Morgan fingerprint density at radius 1 is 1.15 bits per heavy atom. The minimum atomic E-state index is 0.0443. The highest BCUT2D eigenvalue weighted by molar-refractivity contribution is 5.91. The normalized spacial score (nSPS) is 19.9. The Hall–Kier alpha value is -2.37. The molecule has 3 heterocycles. The van der Waals surface area contributed by atoms with Crippen LogP contribution in [0.1, 0.15) is 47.7 Å². The summed E-state index contributed by atoms with van der Waals surface area (Å²) in [5.74, 6) is 2.93. The van der Waals surface area contributed by atoms with Gasteiger partial charge in [0.25, 0.3) is 5.91 Å². The molecule has 2 aromatic rings. The molecule has 1 fully saturated rings. The zero-order valence-corrected chi connectivity index (χ0v) is 15.4. The summed E-state index contributed by atoms with van der Waals surface area (Å²) < 4.78 is 7.26. The molecule has 6 nitrogen and oxygen atoms in total. The lowest BCUT2D eigenvalue weighted by Crippen LogP contribution is -2.31. The van der Waals surface area contributed by atoms with E-state index in [4.69, 9.17) is 4.74 Å². The van der Waals surface area contributed by atoms with Gasteiger partial charge < -0.3 is 14.2 Å². The number of likely N-dealkylation sites (tertiary alicyclic amines) is 1. The van der Waals surface area contributed by atoms with Gasteiger partial charge in [-0.1, -0.05) is 18.6 Å². The van der Waals surface area contributed by atoms with Crippen molar-refractivity contribution < 1.29 is 9.53 Å². The monoisotopic (exact) mass is 354 g/mol. The molecule has 1 atom stereocenters. The molecule has 0 spiro atoms. The van der Waals surface area contributed by atoms with Crippen LogP contribution in [0.5, 0.6) is 5.75 Å². The molecule has 1 aromatic heterocycles. The Kier molecular flexibility index (Phi) is 4.91. The van der Waals surface area contributed by atoms with Crippen LogP contribution in [-0.4, -0.2) is 45.8 Å². The first-order chi connectivity index (χ1) is 12.7. The average molecular weight is 354 g/mol. The molecule has 0 radical (unpaired) electrons. The highest BCUT2D eigenvalue weighted by Crippen LogP contribution is 2.24. The van der Waals surface area contributed by atoms with Gasteiger partial charge in [-0.25, -0.2) is 0 Å². The highest BCUT2D eigenvalue weighted by Gasteiger charge is 2.30. The van der Waals surface area contributed by atoms with E-state index in [1.54, 1.807) is 7.11 Å². The number of aryl methyl sites for hydroxylation is 1. The van der Waals surface area contributed by atoms with E-state index in [0.29, 0.717) is 11.7 Å². The van der Waals surface area contributed by atoms with Gasteiger partial charge >= 0.3 is 0 Å². The van der Waals surface area contributed by atoms with E-state index in [1.165, 1.54) is 12.0 Å². The van der Waals surface area contributed by atoms with Crippen molar-refractivity contribution in [3.63, 3.8) is 0 Å². The molecule has 1 amide bonds. The molecule has 6 heteroatoms. The number of amides is 1. The lowest BCUT2D eigenvalue weighted by atomic mass is 9.99. The minimum absolute atomic E-state index is 0.0443. The van der Waals surface area contributed by atoms with E-state index >= 15 is 0 Å². The fourth-order valence-electron chi connectivity index (χ4n) is 4.06. The van der Waals surface area contributed by atoms with Crippen molar-refractivity contribution in [1.29, 1.82) is 0 Å². The van der Waals surface area contributed by atoms with Crippen molar-refractivity contribution in [3.05, 3.63) is 41.5 Å². The number of carbonyl (C=O) groups excluding carboxylic acids is 1. The molecule has 0 aliphatic carbocycles. The molecule has 2 aliphatic heterocycles. The molecule has 1 saturated heterocycles. The average Bonchev–Trinajstić information content (AvgIpc) is 3.23. The number of fused-ring (bicyclic) bond motifs is 1. The Bertz CT molecular complexity index is 769. The van der Waals surface area contributed by atoms with Crippen molar-refractivity contribution in [3.8, 4) is 5.75 Å². The maximum atomic E-state index is 13.0. The van der Waals surface area contributed by atoms with Crippen molar-refractivity contribution in [2.24, 2.45) is 5.92 Å². The van der Waals surface area contributed by atoms with E-state index in [2.05, 4.69) is 22.3 Å². The number of methoxy groups -OCH3 is 1. The molecule has 4 rings (SSSR count). The van der Waals surface area contributed by atoms with Gasteiger partial charge in [0.15, 0.2) is 0 Å². The van der Waals surface area contributed by atoms with Crippen LogP contribution in [0.3, 0.4) is 0 Å². The van der Waals surface area contributed by atoms with Crippen LogP contribution in [0.15, 0.2) is 24.3 Å². The second-order valence-electron chi connectivity index (χ2n) is 7.36. The SMILES string of the molecule is COc1ccc(CC2CCN(C(=O)c3nnc4n3CCCCC4)C2)cc1. The van der Waals surface area contributed by atoms with Gasteiger partial charge in [-0.05, 0) is 49.3 Å². The Morgan fingerprint density at radius 3 is 2.81 bits per heavy atom. The lowest BCUT2D eigenvalue weighted by Gasteiger charge is -2.17. The zero-order chi connectivity index (χ0) is 17.9. The first-order valence-corrected chi connectivity index (χ1v) is 9.59. The van der Waals surface area contributed by atoms with Crippen LogP contribution in [-0.2, 0) is 19.4 Å². The second-order valence-corrected chi connectivity index (χ2v) is 7.36. The van der Waals surface area contributed by atoms with Crippen molar-refractivity contribution in [1.82, 2.24) is 19.7 Å². The predicted octanol–water partition coefficient (Wildman–Crippen LogP) is 2.72. The van der Waals surface area contributed by atoms with Crippen LogP contribution in [0.4, 0.5) is 0 Å². The largest absolute Gasteiger partial charge is 0.497 e. The number of nitrogens with zero attached hydrogens (tertiary/aromatic N) is 4. The van der Waals surface area contributed by atoms with Crippen LogP contribution in [0, 0.1) is 5.92 Å². The Balaban J connectivity index is 1.40. The standard InChI is InChI=1S/C20H26N4O2/c1-26-17-8-6-15(7-9-17)13-16-10-12-23(14-16)20(25)19-22-21-18-5-3-2-4-11-24(18)19/h6-9,16H,2-5,10-14H2,1H3. The van der Waals surface area contributed by atoms with Gasteiger partial charge in [-0.3, -0.25) is 4.79 Å². The van der Waals surface area contributed by atoms with Crippen molar-refractivity contribution in [2.45, 2.75) is 45.1 Å². The highest BCUT2D eigenvalue weighted by atomic mass is 16.5. The Labute approximate surface area is 154 Å². The lowest BCUT2D eigenvalue weighted by molar-refractivity contribution is 0.0769. The third-order valence-electron chi connectivity index (χ3n) is 5.56. The number of benzene rings is 1. The first kappa shape index (κ1) is 17.1. The number of rotatable bonds is 4. The molecule has 1 aromatic carbocycles. The van der Waals surface area contributed by atoms with E-state index in [9.17, 15) is 4.79 Å². The summed E-state index contributed by atoms with van der Waals surface area (Å²) in [5.41, 5.74) is 1.29. The van der Waals surface area contributed by atoms with Crippen LogP contribution < -0.4 is 4.74 Å². The quantitative estimate of drug-likeness (QED) is 0.847. The molecular formula is C20H26N4O2. The fraction of sp³-hybridized carbons (Fsp3) is 0.550. The first-order valence-electron chi connectivity index (χ1n) is 9.59. The van der Waals surface area contributed by atoms with E-state index in [0.717, 1.165) is 63.3 Å². The molecule has 138 valence electrons. The predicted molar refractivity (Wildman–Crippen MR) is 98.3 cm³/mol. The summed E-state index contributed by atoms with van der Waals surface area (Å²) >= 11 is 0. The number of hydrogen-bond donors (Lipinski definition) is 0. The van der Waals surface area contributed by atoms with E-state index in [1.807, 2.05) is 21.6 Å². The smallest absolute Gasteiger partial charge is 0.291 e. The van der Waals surface area contributed by atoms with Gasteiger partial charge in [0.2, 0.25) is 5.82 Å². The van der Waals surface area contributed by atoms with Crippen molar-refractivity contribution in [2.75, 3.05) is 20.2 Å². The topological polar surface area (TPSA) is 60.2 Å². The molecule has 0 saturated carbocycles. The third kappa shape index (κ3) is 3.45. The van der Waals surface area contributed by atoms with Gasteiger partial charge in [-0.2, -0.15) is 0 Å². The summed E-state index contributed by atoms with van der Waals surface area (Å²) in [5, 5.41) is 8.49. The van der Waals surface area contributed by atoms with Gasteiger partial charge in [0.1, 0.15) is 11.6 Å². The zero-order valence-electron chi connectivity index (χ0n) is 15.4. The second kappa shape index (κ2) is 7.48. The fourth-order valence-corrected chi connectivity index (χ4v) is 4.06. The van der Waals surface area contributed by atoms with Gasteiger partial charge in [0.05, 0.1) is 7.11 Å². The van der Waals surface area contributed by atoms with Crippen LogP contribution >= 0.6 is 0 Å². The molecule has 0 bridgehead atoms. The molecular weight excluding hydrogens is 328 g/mol. The molecule has 26 heavy (non-hydrogen) atoms. The number of aromatic nitrogens is 3. The molecule has 0 N–H and O–H groups in total. The summed E-state index contributed by atoms with van der Waals surface area (Å²) in [6.45, 7) is 2.47. The van der Waals surface area contributed by atoms with E-state index in [-0.39, 0.29) is 5.91 Å². The number of ether oxygens (including phenoxy) is 1. The summed E-state index contributed by atoms with van der Waals surface area (Å²) in [7, 11) is 1.68. The summed E-state index contributed by atoms with van der Waals surface area (Å²) in [6, 6.07) is 8.22. The van der Waals surface area contributed by atoms with Crippen LogP contribution in [0.2, 0.25) is 0 Å². The number of hydrogen-bond acceptors (Lipinski definition) is 4.